The second-order valence-electron chi connectivity index (χ2n) is 15.1. The van der Waals surface area contributed by atoms with Gasteiger partial charge < -0.3 is 25.0 Å². The van der Waals surface area contributed by atoms with Gasteiger partial charge in [0.05, 0.1) is 17.3 Å². The van der Waals surface area contributed by atoms with E-state index in [1.807, 2.05) is 12.2 Å². The molecule has 17 heteroatoms. The normalized spacial score (nSPS) is 27.1. The van der Waals surface area contributed by atoms with Crippen molar-refractivity contribution in [2.24, 2.45) is 5.92 Å². The highest BCUT2D eigenvalue weighted by molar-refractivity contribution is 9.10. The Bertz CT molecular complexity index is 1920. The van der Waals surface area contributed by atoms with E-state index in [9.17, 15) is 32.0 Å². The molecule has 14 nitrogen and oxygen atoms in total. The minimum Gasteiger partial charge on any atom is -0.471 e. The van der Waals surface area contributed by atoms with E-state index >= 15 is 0 Å². The van der Waals surface area contributed by atoms with E-state index in [-0.39, 0.29) is 37.2 Å². The Kier molecular flexibility index (Phi) is 10.6. The number of carbonyl (C=O) groups excluding carboxylic acids is 4. The average Bonchev–Trinajstić information content (AvgIpc) is 3.96. The molecule has 2 aliphatic carbocycles. The number of amides is 4. The number of nitrogens with zero attached hydrogens (tertiary/aromatic N) is 3. The summed E-state index contributed by atoms with van der Waals surface area (Å²) < 4.78 is 54.1. The highest BCUT2D eigenvalue weighted by atomic mass is 79.9. The van der Waals surface area contributed by atoms with Gasteiger partial charge in [-0.05, 0) is 88.2 Å². The molecule has 0 radical (unpaired) electrons. The van der Waals surface area contributed by atoms with Crippen LogP contribution in [-0.4, -0.2) is 88.2 Å². The fraction of sp³-hybridized carbons (Fsp3) is 0.600. The fourth-order valence-electron chi connectivity index (χ4n) is 6.72. The van der Waals surface area contributed by atoms with Gasteiger partial charge in [0.1, 0.15) is 46.4 Å². The predicted molar refractivity (Wildman–Crippen MR) is 191 cm³/mol. The summed E-state index contributed by atoms with van der Waals surface area (Å²) in [5, 5.41) is 4.88. The van der Waals surface area contributed by atoms with Crippen LogP contribution in [0.25, 0.3) is 11.0 Å². The van der Waals surface area contributed by atoms with Gasteiger partial charge in [-0.25, -0.2) is 27.6 Å². The Morgan fingerprint density at radius 1 is 1.12 bits per heavy atom. The van der Waals surface area contributed by atoms with Crippen LogP contribution in [0.15, 0.2) is 28.8 Å². The third-order valence-corrected chi connectivity index (χ3v) is 12.1. The first-order chi connectivity index (χ1) is 24.5. The van der Waals surface area contributed by atoms with E-state index in [0.717, 1.165) is 12.8 Å². The third kappa shape index (κ3) is 8.50. The van der Waals surface area contributed by atoms with Gasteiger partial charge in [-0.1, -0.05) is 25.0 Å². The fourth-order valence-corrected chi connectivity index (χ4v) is 8.60. The second-order valence-corrected chi connectivity index (χ2v) is 17.9. The number of aryl methyl sites for hydroxylation is 1. The van der Waals surface area contributed by atoms with Crippen molar-refractivity contribution in [3.05, 3.63) is 40.3 Å². The van der Waals surface area contributed by atoms with Crippen molar-refractivity contribution < 1.29 is 41.5 Å². The molecule has 282 valence electrons. The van der Waals surface area contributed by atoms with Gasteiger partial charge in [0.2, 0.25) is 27.7 Å². The zero-order valence-corrected chi connectivity index (χ0v) is 31.9. The lowest BCUT2D eigenvalue weighted by Crippen LogP contribution is -2.58. The van der Waals surface area contributed by atoms with Crippen molar-refractivity contribution >= 4 is 60.8 Å². The van der Waals surface area contributed by atoms with Crippen molar-refractivity contribution in [2.45, 2.75) is 120 Å². The molecule has 1 aromatic carbocycles. The van der Waals surface area contributed by atoms with Crippen LogP contribution < -0.4 is 20.1 Å². The van der Waals surface area contributed by atoms with Crippen molar-refractivity contribution in [3.63, 3.8) is 0 Å². The molecule has 4 aliphatic rings. The molecule has 2 aromatic rings. The lowest BCUT2D eigenvalue weighted by atomic mass is 10.0. The Balaban J connectivity index is 1.31. The summed E-state index contributed by atoms with van der Waals surface area (Å²) in [5.41, 5.74) is -1.30. The quantitative estimate of drug-likeness (QED) is 0.360. The summed E-state index contributed by atoms with van der Waals surface area (Å²) in [6.45, 7) is 6.70. The summed E-state index contributed by atoms with van der Waals surface area (Å²) in [4.78, 5) is 65.5. The summed E-state index contributed by atoms with van der Waals surface area (Å²) in [6.07, 6.45) is 6.31. The van der Waals surface area contributed by atoms with Crippen LogP contribution in [0, 0.1) is 18.7 Å². The summed E-state index contributed by atoms with van der Waals surface area (Å²) in [7, 11) is -3.91. The Morgan fingerprint density at radius 3 is 2.58 bits per heavy atom. The number of hydrogen-bond acceptors (Lipinski definition) is 10. The number of hydrogen-bond donors (Lipinski definition) is 3. The molecule has 0 spiro atoms. The Labute approximate surface area is 310 Å². The van der Waals surface area contributed by atoms with Gasteiger partial charge in [0.25, 0.3) is 5.91 Å². The molecule has 2 aliphatic heterocycles. The zero-order valence-electron chi connectivity index (χ0n) is 29.5. The van der Waals surface area contributed by atoms with Crippen LogP contribution in [0.1, 0.15) is 84.3 Å². The van der Waals surface area contributed by atoms with Gasteiger partial charge in [-0.2, -0.15) is 0 Å². The molecule has 52 heavy (non-hydrogen) atoms. The average molecular weight is 808 g/mol. The highest BCUT2D eigenvalue weighted by Gasteiger charge is 2.62. The number of allylic oxidation sites excluding steroid dienone is 1. The maximum atomic E-state index is 14.4. The standard InChI is InChI=1S/C35H44BrFN6O8S/c1-19-30(39-26-15-21(37)14-24(36)28(26)38-19)50-22-16-27-29(44)41-35(32(46)42-52(48,49)23-12-13-23)17-20(35)10-8-6-5-7-9-11-25(31(45)43(27)18-22)40-33(47)51-34(2,3)4/h8,10,14-15,20,22-23,25,27H,5-7,9,11-13,16-18H2,1-4H3,(H,40,47)(H,41,44)(H,42,46)/t20-,22-,25+,27+,35-/m1/s1. The molecule has 3 heterocycles. The Hall–Kier alpha value is -3.86. The molecule has 0 bridgehead atoms. The molecular weight excluding hydrogens is 763 g/mol. The number of halogens is 2. The van der Waals surface area contributed by atoms with Crippen molar-refractivity contribution in [3.8, 4) is 5.88 Å². The van der Waals surface area contributed by atoms with E-state index in [1.165, 1.54) is 17.0 Å². The van der Waals surface area contributed by atoms with Crippen LogP contribution in [0.5, 0.6) is 5.88 Å². The number of aromatic nitrogens is 2. The molecular formula is C35H44BrFN6O8S. The van der Waals surface area contributed by atoms with Crippen LogP contribution in [0.3, 0.4) is 0 Å². The van der Waals surface area contributed by atoms with Crippen molar-refractivity contribution in [1.82, 2.24) is 30.2 Å². The number of fused-ring (bicyclic) bond motifs is 3. The largest absolute Gasteiger partial charge is 0.471 e. The number of rotatable bonds is 6. The highest BCUT2D eigenvalue weighted by Crippen LogP contribution is 2.46. The molecule has 1 saturated heterocycles. The predicted octanol–water partition coefficient (Wildman–Crippen LogP) is 4.09. The summed E-state index contributed by atoms with van der Waals surface area (Å²) >= 11 is 3.31. The number of carbonyl (C=O) groups is 4. The maximum absolute atomic E-state index is 14.4. The van der Waals surface area contributed by atoms with Crippen LogP contribution in [-0.2, 0) is 29.1 Å². The third-order valence-electron chi connectivity index (χ3n) is 9.63. The SMILES string of the molecule is Cc1nc2c(Br)cc(F)cc2nc1O[C@@H]1C[C@H]2C(=O)N[C@]3(C(=O)NS(=O)(=O)C4CC4)C[C@H]3C=CCCCCC[C@H](NC(=O)OC(C)(C)C)C(=O)N2C1. The number of sulfonamides is 1. The molecule has 1 aromatic heterocycles. The number of ether oxygens (including phenoxy) is 2. The number of benzene rings is 1. The molecule has 0 unspecified atom stereocenters. The van der Waals surface area contributed by atoms with Crippen molar-refractivity contribution in [1.29, 1.82) is 0 Å². The minimum atomic E-state index is -3.91. The molecule has 2 saturated carbocycles. The van der Waals surface area contributed by atoms with E-state index in [2.05, 4.69) is 41.3 Å². The minimum absolute atomic E-state index is 0.0265. The van der Waals surface area contributed by atoms with Gasteiger partial charge in [-0.3, -0.25) is 19.1 Å². The summed E-state index contributed by atoms with van der Waals surface area (Å²) in [6, 6.07) is 0.290. The second kappa shape index (κ2) is 14.5. The number of nitrogens with one attached hydrogen (secondary N) is 3. The first-order valence-electron chi connectivity index (χ1n) is 17.6. The molecule has 6 rings (SSSR count). The first kappa shape index (κ1) is 37.9. The lowest BCUT2D eigenvalue weighted by molar-refractivity contribution is -0.141. The van der Waals surface area contributed by atoms with E-state index in [0.29, 0.717) is 41.4 Å². The lowest BCUT2D eigenvalue weighted by Gasteiger charge is -2.30. The molecule has 5 atom stereocenters. The van der Waals surface area contributed by atoms with E-state index < -0.39 is 80.2 Å². The Morgan fingerprint density at radius 2 is 1.87 bits per heavy atom. The smallest absolute Gasteiger partial charge is 0.408 e. The van der Waals surface area contributed by atoms with Gasteiger partial charge in [0.15, 0.2) is 0 Å². The van der Waals surface area contributed by atoms with Crippen LogP contribution >= 0.6 is 15.9 Å². The van der Waals surface area contributed by atoms with Gasteiger partial charge in [-0.15, -0.1) is 0 Å². The van der Waals surface area contributed by atoms with E-state index in [1.54, 1.807) is 27.7 Å². The topological polar surface area (TPSA) is 186 Å². The van der Waals surface area contributed by atoms with Gasteiger partial charge >= 0.3 is 6.09 Å². The first-order valence-corrected chi connectivity index (χ1v) is 19.9. The maximum Gasteiger partial charge on any atom is 0.408 e. The van der Waals surface area contributed by atoms with Crippen molar-refractivity contribution in [2.75, 3.05) is 6.54 Å². The monoisotopic (exact) mass is 806 g/mol. The molecule has 3 fully saturated rings. The van der Waals surface area contributed by atoms with Crippen LogP contribution in [0.4, 0.5) is 9.18 Å². The summed E-state index contributed by atoms with van der Waals surface area (Å²) in [5.74, 6) is -2.93. The van der Waals surface area contributed by atoms with Gasteiger partial charge in [0, 0.05) is 22.9 Å². The molecule has 3 N–H and O–H groups in total. The van der Waals surface area contributed by atoms with Crippen LogP contribution in [0.2, 0.25) is 0 Å². The molecule has 4 amide bonds. The van der Waals surface area contributed by atoms with E-state index in [4.69, 9.17) is 9.47 Å². The zero-order chi connectivity index (χ0) is 37.6. The number of alkyl carbamates (subject to hydrolysis) is 1.